The summed E-state index contributed by atoms with van der Waals surface area (Å²) in [5, 5.41) is 9.44. The number of amides is 2. The summed E-state index contributed by atoms with van der Waals surface area (Å²) in [4.78, 5) is 31.2. The number of benzene rings is 2. The van der Waals surface area contributed by atoms with Gasteiger partial charge in [-0.15, -0.1) is 0 Å². The van der Waals surface area contributed by atoms with Crippen LogP contribution in [0.15, 0.2) is 48.5 Å². The second-order valence-electron chi connectivity index (χ2n) is 7.97. The second-order valence-corrected chi connectivity index (χ2v) is 7.97. The van der Waals surface area contributed by atoms with E-state index in [4.69, 9.17) is 0 Å². The molecule has 2 aliphatic heterocycles. The third-order valence-corrected chi connectivity index (χ3v) is 5.92. The number of phenols is 1. The highest BCUT2D eigenvalue weighted by Gasteiger charge is 2.34. The summed E-state index contributed by atoms with van der Waals surface area (Å²) in [6, 6.07) is 13.3. The summed E-state index contributed by atoms with van der Waals surface area (Å²) in [6.07, 6.45) is 0.911. The number of likely N-dealkylation sites (tertiary alicyclic amines) is 1. The number of rotatable bonds is 4. The number of aromatic hydroxyl groups is 1. The first-order valence-corrected chi connectivity index (χ1v) is 10.3. The largest absolute Gasteiger partial charge is 0.508 e. The maximum absolute atomic E-state index is 13.5. The molecule has 0 radical (unpaired) electrons. The van der Waals surface area contributed by atoms with Gasteiger partial charge in [0.2, 0.25) is 11.8 Å². The Labute approximate surface area is 175 Å². The van der Waals surface area contributed by atoms with E-state index in [-0.39, 0.29) is 29.3 Å². The minimum absolute atomic E-state index is 0.0143. The van der Waals surface area contributed by atoms with Crippen LogP contribution in [0.3, 0.4) is 0 Å². The number of piperazine rings is 1. The number of hydrogen-bond acceptors (Lipinski definition) is 4. The molecular formula is C23H26FN3O3. The zero-order chi connectivity index (χ0) is 21.1. The number of halogens is 1. The van der Waals surface area contributed by atoms with Crippen LogP contribution >= 0.6 is 0 Å². The van der Waals surface area contributed by atoms with Gasteiger partial charge in [-0.2, -0.15) is 0 Å². The van der Waals surface area contributed by atoms with E-state index in [1.807, 2.05) is 17.0 Å². The summed E-state index contributed by atoms with van der Waals surface area (Å²) >= 11 is 0. The summed E-state index contributed by atoms with van der Waals surface area (Å²) in [6.45, 7) is 3.44. The molecule has 1 atom stereocenters. The second kappa shape index (κ2) is 8.73. The molecule has 2 aromatic rings. The van der Waals surface area contributed by atoms with Crippen LogP contribution in [-0.2, 0) is 16.1 Å². The number of piperidine rings is 1. The molecule has 0 aliphatic carbocycles. The molecule has 0 saturated carbocycles. The van der Waals surface area contributed by atoms with Crippen molar-refractivity contribution in [2.45, 2.75) is 19.4 Å². The number of nitrogens with zero attached hydrogens (tertiary/aromatic N) is 3. The molecule has 1 N–H and O–H groups in total. The molecule has 2 saturated heterocycles. The lowest BCUT2D eigenvalue weighted by Gasteiger charge is -2.39. The monoisotopic (exact) mass is 411 g/mol. The fraction of sp³-hybridized carbons (Fsp3) is 0.391. The molecule has 0 bridgehead atoms. The fourth-order valence-corrected chi connectivity index (χ4v) is 4.23. The van der Waals surface area contributed by atoms with Crippen LogP contribution in [0.1, 0.15) is 18.4 Å². The zero-order valence-corrected chi connectivity index (χ0v) is 16.8. The third kappa shape index (κ3) is 4.56. The van der Waals surface area contributed by atoms with Crippen molar-refractivity contribution >= 4 is 17.5 Å². The van der Waals surface area contributed by atoms with Gasteiger partial charge in [-0.1, -0.05) is 12.1 Å². The van der Waals surface area contributed by atoms with Crippen LogP contribution in [0.2, 0.25) is 0 Å². The van der Waals surface area contributed by atoms with E-state index in [0.29, 0.717) is 39.0 Å². The Hall–Kier alpha value is -3.09. The summed E-state index contributed by atoms with van der Waals surface area (Å²) < 4.78 is 13.5. The lowest BCUT2D eigenvalue weighted by molar-refractivity contribution is -0.143. The van der Waals surface area contributed by atoms with Gasteiger partial charge in [0.25, 0.3) is 0 Å². The minimum atomic E-state index is -0.323. The lowest BCUT2D eigenvalue weighted by Crippen LogP contribution is -2.53. The van der Waals surface area contributed by atoms with Gasteiger partial charge in [0.15, 0.2) is 0 Å². The van der Waals surface area contributed by atoms with E-state index in [0.717, 1.165) is 24.3 Å². The summed E-state index contributed by atoms with van der Waals surface area (Å²) in [5.41, 5.74) is 1.77. The molecule has 2 aromatic carbocycles. The first kappa shape index (κ1) is 20.2. The van der Waals surface area contributed by atoms with Crippen LogP contribution in [0.25, 0.3) is 0 Å². The Balaban J connectivity index is 1.34. The molecular weight excluding hydrogens is 385 g/mol. The molecule has 2 amide bonds. The molecule has 6 nitrogen and oxygen atoms in total. The highest BCUT2D eigenvalue weighted by molar-refractivity contribution is 5.84. The molecule has 1 unspecified atom stereocenters. The molecule has 2 heterocycles. The minimum Gasteiger partial charge on any atom is -0.508 e. The van der Waals surface area contributed by atoms with Crippen molar-refractivity contribution in [3.8, 4) is 5.75 Å². The van der Waals surface area contributed by atoms with Crippen LogP contribution < -0.4 is 4.90 Å². The standard InChI is InChI=1S/C23H26FN3O3/c24-19-3-1-2-17(14-19)15-27-16-18(4-9-22(27)29)23(30)26-12-10-25(11-13-26)20-5-7-21(28)8-6-20/h1-3,5-8,14,18,28H,4,9-13,15-16H2. The summed E-state index contributed by atoms with van der Waals surface area (Å²) in [5.74, 6) is -0.188. The number of carbonyl (C=O) groups excluding carboxylic acids is 2. The van der Waals surface area contributed by atoms with Gasteiger partial charge < -0.3 is 19.8 Å². The fourth-order valence-electron chi connectivity index (χ4n) is 4.23. The van der Waals surface area contributed by atoms with E-state index in [1.165, 1.54) is 12.1 Å². The first-order valence-electron chi connectivity index (χ1n) is 10.3. The van der Waals surface area contributed by atoms with Crippen molar-refractivity contribution < 1.29 is 19.1 Å². The van der Waals surface area contributed by atoms with Crippen LogP contribution in [-0.4, -0.2) is 59.4 Å². The molecule has 7 heteroatoms. The SMILES string of the molecule is O=C1CCC(C(=O)N2CCN(c3ccc(O)cc3)CC2)CN1Cc1cccc(F)c1. The molecule has 0 spiro atoms. The molecule has 2 fully saturated rings. The van der Waals surface area contributed by atoms with Gasteiger partial charge in [0, 0.05) is 51.4 Å². The summed E-state index contributed by atoms with van der Waals surface area (Å²) in [7, 11) is 0. The average molecular weight is 411 g/mol. The van der Waals surface area contributed by atoms with E-state index in [9.17, 15) is 19.1 Å². The number of carbonyl (C=O) groups is 2. The highest BCUT2D eigenvalue weighted by atomic mass is 19.1. The van der Waals surface area contributed by atoms with Crippen LogP contribution in [0.5, 0.6) is 5.75 Å². The molecule has 0 aromatic heterocycles. The smallest absolute Gasteiger partial charge is 0.227 e. The van der Waals surface area contributed by atoms with Gasteiger partial charge in [0.05, 0.1) is 5.92 Å². The normalized spacial score (nSPS) is 19.8. The van der Waals surface area contributed by atoms with Gasteiger partial charge in [-0.25, -0.2) is 4.39 Å². The quantitative estimate of drug-likeness (QED) is 0.840. The topological polar surface area (TPSA) is 64.1 Å². The third-order valence-electron chi connectivity index (χ3n) is 5.92. The number of phenolic OH excluding ortho intramolecular Hbond substituents is 1. The average Bonchev–Trinajstić information content (AvgIpc) is 2.75. The Morgan fingerprint density at radius 2 is 1.80 bits per heavy atom. The maximum atomic E-state index is 13.5. The van der Waals surface area contributed by atoms with Crippen molar-refractivity contribution in [1.82, 2.24) is 9.80 Å². The van der Waals surface area contributed by atoms with Gasteiger partial charge in [-0.3, -0.25) is 9.59 Å². The molecule has 2 aliphatic rings. The van der Waals surface area contributed by atoms with Crippen molar-refractivity contribution in [3.63, 3.8) is 0 Å². The van der Waals surface area contributed by atoms with E-state index in [1.54, 1.807) is 29.2 Å². The van der Waals surface area contributed by atoms with Crippen LogP contribution in [0.4, 0.5) is 10.1 Å². The van der Waals surface area contributed by atoms with Crippen molar-refractivity contribution in [3.05, 3.63) is 59.9 Å². The Bertz CT molecular complexity index is 910. The molecule has 4 rings (SSSR count). The Morgan fingerprint density at radius 3 is 2.50 bits per heavy atom. The Kier molecular flexibility index (Phi) is 5.88. The predicted octanol–water partition coefficient (Wildman–Crippen LogP) is 2.62. The maximum Gasteiger partial charge on any atom is 0.227 e. The number of anilines is 1. The van der Waals surface area contributed by atoms with Gasteiger partial charge >= 0.3 is 0 Å². The zero-order valence-electron chi connectivity index (χ0n) is 16.8. The van der Waals surface area contributed by atoms with E-state index < -0.39 is 0 Å². The van der Waals surface area contributed by atoms with Crippen molar-refractivity contribution in [2.75, 3.05) is 37.6 Å². The van der Waals surface area contributed by atoms with Gasteiger partial charge in [0.1, 0.15) is 11.6 Å². The number of hydrogen-bond donors (Lipinski definition) is 1. The first-order chi connectivity index (χ1) is 14.5. The molecule has 158 valence electrons. The lowest BCUT2D eigenvalue weighted by atomic mass is 9.95. The predicted molar refractivity (Wildman–Crippen MR) is 111 cm³/mol. The molecule has 30 heavy (non-hydrogen) atoms. The van der Waals surface area contributed by atoms with Crippen molar-refractivity contribution in [1.29, 1.82) is 0 Å². The van der Waals surface area contributed by atoms with Crippen molar-refractivity contribution in [2.24, 2.45) is 5.92 Å². The van der Waals surface area contributed by atoms with E-state index in [2.05, 4.69) is 4.90 Å². The van der Waals surface area contributed by atoms with Gasteiger partial charge in [-0.05, 0) is 48.4 Å². The Morgan fingerprint density at radius 1 is 1.07 bits per heavy atom. The van der Waals surface area contributed by atoms with E-state index >= 15 is 0 Å². The highest BCUT2D eigenvalue weighted by Crippen LogP contribution is 2.24. The van der Waals surface area contributed by atoms with Crippen LogP contribution in [0, 0.1) is 11.7 Å².